The first kappa shape index (κ1) is 25.7. The number of hydrogen-bond acceptors (Lipinski definition) is 5. The fourth-order valence-corrected chi connectivity index (χ4v) is 4.00. The average Bonchev–Trinajstić information content (AvgIpc) is 2.80. The molecule has 0 fully saturated rings. The minimum atomic E-state index is -4.33. The summed E-state index contributed by atoms with van der Waals surface area (Å²) in [6.07, 6.45) is -1.16. The van der Waals surface area contributed by atoms with Gasteiger partial charge in [-0.05, 0) is 81.7 Å². The number of aryl methyl sites for hydroxylation is 2. The molecule has 1 atom stereocenters. The van der Waals surface area contributed by atoms with Gasteiger partial charge in [-0.15, -0.1) is 0 Å². The maximum Gasteiger partial charge on any atom is 0.416 e. The van der Waals surface area contributed by atoms with Crippen molar-refractivity contribution in [1.29, 1.82) is 0 Å². The number of benzene rings is 2. The SMILES string of the molecule is CCN(CC)CCCC(C)Nc1nc(CCc2ccc(C(F)(F)F)cc2)nc2ccc(N)cc12. The van der Waals surface area contributed by atoms with Gasteiger partial charge in [0.1, 0.15) is 11.6 Å². The fraction of sp³-hybridized carbons (Fsp3) is 0.462. The van der Waals surface area contributed by atoms with Crippen molar-refractivity contribution in [3.63, 3.8) is 0 Å². The number of alkyl halides is 3. The van der Waals surface area contributed by atoms with Gasteiger partial charge >= 0.3 is 6.18 Å². The summed E-state index contributed by atoms with van der Waals surface area (Å²) in [5.41, 5.74) is 7.63. The van der Waals surface area contributed by atoms with Crippen LogP contribution in [0.15, 0.2) is 42.5 Å². The lowest BCUT2D eigenvalue weighted by molar-refractivity contribution is -0.137. The standard InChI is InChI=1S/C26H34F3N5/c1-4-34(5-2)16-6-7-18(3)31-25-22-17-21(30)13-14-23(22)32-24(33-25)15-10-19-8-11-20(12-9-19)26(27,28)29/h8-9,11-14,17-18H,4-7,10,15-16,30H2,1-3H3,(H,31,32,33). The quantitative estimate of drug-likeness (QED) is 0.338. The number of nitrogens with one attached hydrogen (secondary N) is 1. The number of nitrogens with zero attached hydrogens (tertiary/aromatic N) is 3. The molecule has 2 aromatic carbocycles. The fourth-order valence-electron chi connectivity index (χ4n) is 4.00. The molecule has 0 amide bonds. The summed E-state index contributed by atoms with van der Waals surface area (Å²) >= 11 is 0. The molecule has 3 rings (SSSR count). The molecule has 0 aliphatic carbocycles. The largest absolute Gasteiger partial charge is 0.416 e. The average molecular weight is 474 g/mol. The minimum absolute atomic E-state index is 0.220. The highest BCUT2D eigenvalue weighted by molar-refractivity contribution is 5.91. The van der Waals surface area contributed by atoms with Crippen LogP contribution in [0.5, 0.6) is 0 Å². The number of rotatable bonds is 11. The van der Waals surface area contributed by atoms with Crippen LogP contribution in [0.1, 0.15) is 50.6 Å². The van der Waals surface area contributed by atoms with Crippen molar-refractivity contribution in [1.82, 2.24) is 14.9 Å². The summed E-state index contributed by atoms with van der Waals surface area (Å²) in [7, 11) is 0. The van der Waals surface area contributed by atoms with Gasteiger partial charge in [-0.25, -0.2) is 9.97 Å². The summed E-state index contributed by atoms with van der Waals surface area (Å²) in [5, 5.41) is 4.40. The normalized spacial score (nSPS) is 12.9. The van der Waals surface area contributed by atoms with E-state index in [2.05, 4.69) is 36.0 Å². The van der Waals surface area contributed by atoms with Crippen LogP contribution in [0.2, 0.25) is 0 Å². The zero-order valence-electron chi connectivity index (χ0n) is 20.1. The Kier molecular flexibility index (Phi) is 8.72. The van der Waals surface area contributed by atoms with Gasteiger partial charge < -0.3 is 16.0 Å². The molecule has 1 heterocycles. The molecule has 1 unspecified atom stereocenters. The van der Waals surface area contributed by atoms with Gasteiger partial charge in [0.25, 0.3) is 0 Å². The van der Waals surface area contributed by atoms with E-state index >= 15 is 0 Å². The van der Waals surface area contributed by atoms with E-state index in [1.807, 2.05) is 18.2 Å². The monoisotopic (exact) mass is 473 g/mol. The molecule has 0 saturated heterocycles. The highest BCUT2D eigenvalue weighted by Crippen LogP contribution is 2.29. The van der Waals surface area contributed by atoms with Crippen LogP contribution in [-0.4, -0.2) is 40.5 Å². The Morgan fingerprint density at radius 1 is 1.00 bits per heavy atom. The highest BCUT2D eigenvalue weighted by Gasteiger charge is 2.29. The molecule has 0 bridgehead atoms. The number of nitrogens with two attached hydrogens (primary N) is 1. The van der Waals surface area contributed by atoms with Crippen molar-refractivity contribution in [2.45, 2.75) is 58.7 Å². The summed E-state index contributed by atoms with van der Waals surface area (Å²) in [6, 6.07) is 11.1. The Morgan fingerprint density at radius 3 is 2.35 bits per heavy atom. The van der Waals surface area contributed by atoms with Crippen LogP contribution in [-0.2, 0) is 19.0 Å². The van der Waals surface area contributed by atoms with Crippen molar-refractivity contribution in [2.24, 2.45) is 0 Å². The molecule has 1 aromatic heterocycles. The second-order valence-corrected chi connectivity index (χ2v) is 8.67. The first-order valence-electron chi connectivity index (χ1n) is 11.9. The molecule has 184 valence electrons. The van der Waals surface area contributed by atoms with Gasteiger partial charge in [-0.2, -0.15) is 13.2 Å². The summed E-state index contributed by atoms with van der Waals surface area (Å²) in [6.45, 7) is 9.66. The minimum Gasteiger partial charge on any atom is -0.399 e. The van der Waals surface area contributed by atoms with Crippen molar-refractivity contribution < 1.29 is 13.2 Å². The molecular formula is C26H34F3N5. The number of fused-ring (bicyclic) bond motifs is 1. The van der Waals surface area contributed by atoms with E-state index in [0.29, 0.717) is 24.4 Å². The van der Waals surface area contributed by atoms with Crippen LogP contribution >= 0.6 is 0 Å². The molecule has 34 heavy (non-hydrogen) atoms. The van der Waals surface area contributed by atoms with Gasteiger partial charge in [-0.3, -0.25) is 0 Å². The van der Waals surface area contributed by atoms with Gasteiger partial charge in [0.05, 0.1) is 11.1 Å². The van der Waals surface area contributed by atoms with Crippen LogP contribution in [0.3, 0.4) is 0 Å². The van der Waals surface area contributed by atoms with Crippen LogP contribution in [0.4, 0.5) is 24.7 Å². The Morgan fingerprint density at radius 2 is 1.71 bits per heavy atom. The lowest BCUT2D eigenvalue weighted by Gasteiger charge is -2.20. The van der Waals surface area contributed by atoms with Crippen molar-refractivity contribution in [3.05, 3.63) is 59.4 Å². The third kappa shape index (κ3) is 7.06. The van der Waals surface area contributed by atoms with E-state index in [0.717, 1.165) is 66.9 Å². The number of hydrogen-bond donors (Lipinski definition) is 2. The summed E-state index contributed by atoms with van der Waals surface area (Å²) < 4.78 is 38.4. The molecule has 3 N–H and O–H groups in total. The second kappa shape index (κ2) is 11.5. The number of nitrogen functional groups attached to an aromatic ring is 1. The third-order valence-corrected chi connectivity index (χ3v) is 6.07. The zero-order chi connectivity index (χ0) is 24.7. The van der Waals surface area contributed by atoms with E-state index < -0.39 is 11.7 Å². The first-order chi connectivity index (χ1) is 16.2. The Labute approximate surface area is 199 Å². The Balaban J connectivity index is 1.72. The lowest BCUT2D eigenvalue weighted by atomic mass is 10.1. The van der Waals surface area contributed by atoms with Gasteiger partial charge in [0.2, 0.25) is 0 Å². The van der Waals surface area contributed by atoms with Gasteiger partial charge in [0.15, 0.2) is 0 Å². The van der Waals surface area contributed by atoms with Crippen LogP contribution in [0, 0.1) is 0 Å². The third-order valence-electron chi connectivity index (χ3n) is 6.07. The molecule has 0 saturated carbocycles. The number of aromatic nitrogens is 2. The van der Waals surface area contributed by atoms with E-state index in [4.69, 9.17) is 10.7 Å². The molecule has 0 radical (unpaired) electrons. The smallest absolute Gasteiger partial charge is 0.399 e. The van der Waals surface area contributed by atoms with E-state index in [1.165, 1.54) is 12.1 Å². The maximum atomic E-state index is 12.8. The van der Waals surface area contributed by atoms with Gasteiger partial charge in [0, 0.05) is 23.5 Å². The predicted octanol–water partition coefficient (Wildman–Crippen LogP) is 5.94. The van der Waals surface area contributed by atoms with E-state index in [-0.39, 0.29) is 6.04 Å². The molecule has 0 spiro atoms. The van der Waals surface area contributed by atoms with Crippen molar-refractivity contribution in [2.75, 3.05) is 30.7 Å². The summed E-state index contributed by atoms with van der Waals surface area (Å²) in [5.74, 6) is 1.39. The summed E-state index contributed by atoms with van der Waals surface area (Å²) in [4.78, 5) is 11.8. The molecule has 3 aromatic rings. The van der Waals surface area contributed by atoms with Crippen LogP contribution < -0.4 is 11.1 Å². The molecular weight excluding hydrogens is 439 g/mol. The lowest BCUT2D eigenvalue weighted by Crippen LogP contribution is -2.26. The number of halogens is 3. The van der Waals surface area contributed by atoms with Crippen molar-refractivity contribution >= 4 is 22.4 Å². The van der Waals surface area contributed by atoms with Crippen LogP contribution in [0.25, 0.3) is 10.9 Å². The Hall–Kier alpha value is -2.87. The molecule has 8 heteroatoms. The maximum absolute atomic E-state index is 12.8. The number of anilines is 2. The zero-order valence-corrected chi connectivity index (χ0v) is 20.1. The molecule has 0 aliphatic rings. The predicted molar refractivity (Wildman–Crippen MR) is 133 cm³/mol. The first-order valence-corrected chi connectivity index (χ1v) is 11.9. The molecule has 0 aliphatic heterocycles. The Bertz CT molecular complexity index is 1060. The van der Waals surface area contributed by atoms with E-state index in [1.54, 1.807) is 0 Å². The highest BCUT2D eigenvalue weighted by atomic mass is 19.4. The second-order valence-electron chi connectivity index (χ2n) is 8.67. The van der Waals surface area contributed by atoms with Gasteiger partial charge in [-0.1, -0.05) is 26.0 Å². The van der Waals surface area contributed by atoms with E-state index in [9.17, 15) is 13.2 Å². The van der Waals surface area contributed by atoms with Crippen molar-refractivity contribution in [3.8, 4) is 0 Å². The topological polar surface area (TPSA) is 67.1 Å². The molecule has 5 nitrogen and oxygen atoms in total.